The zero-order valence-electron chi connectivity index (χ0n) is 14.2. The molecule has 0 spiro atoms. The molecule has 21 heavy (non-hydrogen) atoms. The van der Waals surface area contributed by atoms with E-state index < -0.39 is 0 Å². The molecule has 1 aromatic carbocycles. The summed E-state index contributed by atoms with van der Waals surface area (Å²) >= 11 is 0. The van der Waals surface area contributed by atoms with Gasteiger partial charge in [-0.15, -0.1) is 0 Å². The molecule has 4 nitrogen and oxygen atoms in total. The van der Waals surface area contributed by atoms with Gasteiger partial charge in [-0.1, -0.05) is 23.8 Å². The first-order chi connectivity index (χ1) is 10.0. The Hall–Kier alpha value is -1.55. The average molecular weight is 290 g/mol. The monoisotopic (exact) mass is 290 g/mol. The zero-order chi connectivity index (χ0) is 15.7. The molecule has 0 saturated heterocycles. The minimum Gasteiger partial charge on any atom is -0.357 e. The van der Waals surface area contributed by atoms with Crippen LogP contribution in [-0.2, 0) is 6.54 Å². The molecule has 0 aromatic heterocycles. The van der Waals surface area contributed by atoms with Crippen LogP contribution in [0, 0.1) is 13.8 Å². The van der Waals surface area contributed by atoms with E-state index in [9.17, 15) is 0 Å². The summed E-state index contributed by atoms with van der Waals surface area (Å²) in [7, 11) is 4.19. The molecule has 1 aromatic rings. The third kappa shape index (κ3) is 7.14. The molecule has 0 amide bonds. The summed E-state index contributed by atoms with van der Waals surface area (Å²) in [6, 6.07) is 6.53. The van der Waals surface area contributed by atoms with Gasteiger partial charge in [0.15, 0.2) is 5.96 Å². The number of aryl methyl sites for hydroxylation is 2. The van der Waals surface area contributed by atoms with E-state index in [4.69, 9.17) is 0 Å². The molecule has 0 bridgehead atoms. The van der Waals surface area contributed by atoms with Crippen molar-refractivity contribution in [3.63, 3.8) is 0 Å². The van der Waals surface area contributed by atoms with Crippen LogP contribution in [0.4, 0.5) is 0 Å². The van der Waals surface area contributed by atoms with Crippen LogP contribution in [0.1, 0.15) is 30.0 Å². The number of aliphatic imine (C=N–C) groups is 1. The molecule has 118 valence electrons. The molecule has 2 N–H and O–H groups in total. The molecule has 0 fully saturated rings. The Morgan fingerprint density at radius 3 is 2.57 bits per heavy atom. The number of hydrogen-bond donors (Lipinski definition) is 2. The molecular weight excluding hydrogens is 260 g/mol. The van der Waals surface area contributed by atoms with Gasteiger partial charge in [0.2, 0.25) is 0 Å². The Bertz CT molecular complexity index is 452. The molecule has 0 atom stereocenters. The van der Waals surface area contributed by atoms with Crippen LogP contribution >= 0.6 is 0 Å². The topological polar surface area (TPSA) is 39.7 Å². The van der Waals surface area contributed by atoms with Crippen molar-refractivity contribution in [3.8, 4) is 0 Å². The summed E-state index contributed by atoms with van der Waals surface area (Å²) in [6.45, 7) is 9.99. The number of rotatable bonds is 7. The normalized spacial score (nSPS) is 11.8. The number of nitrogens with one attached hydrogen (secondary N) is 2. The van der Waals surface area contributed by atoms with E-state index in [2.05, 4.69) is 73.6 Å². The van der Waals surface area contributed by atoms with Crippen LogP contribution in [0.3, 0.4) is 0 Å². The van der Waals surface area contributed by atoms with Crippen LogP contribution in [0.2, 0.25) is 0 Å². The van der Waals surface area contributed by atoms with Gasteiger partial charge in [-0.05, 0) is 59.0 Å². The first-order valence-electron chi connectivity index (χ1n) is 7.76. The second kappa shape index (κ2) is 9.40. The molecule has 0 aliphatic carbocycles. The molecule has 4 heteroatoms. The highest BCUT2D eigenvalue weighted by molar-refractivity contribution is 5.79. The molecule has 1 rings (SSSR count). The lowest BCUT2D eigenvalue weighted by Gasteiger charge is -2.13. The van der Waals surface area contributed by atoms with Crippen molar-refractivity contribution in [1.82, 2.24) is 15.5 Å². The van der Waals surface area contributed by atoms with Crippen LogP contribution in [0.15, 0.2) is 23.2 Å². The summed E-state index contributed by atoms with van der Waals surface area (Å²) < 4.78 is 0. The Balaban J connectivity index is 2.54. The van der Waals surface area contributed by atoms with Crippen LogP contribution in [-0.4, -0.2) is 44.6 Å². The van der Waals surface area contributed by atoms with Crippen molar-refractivity contribution in [3.05, 3.63) is 34.9 Å². The Morgan fingerprint density at radius 1 is 1.19 bits per heavy atom. The highest BCUT2D eigenvalue weighted by Crippen LogP contribution is 2.11. The van der Waals surface area contributed by atoms with E-state index in [1.54, 1.807) is 0 Å². The van der Waals surface area contributed by atoms with Gasteiger partial charge in [0.05, 0.1) is 6.54 Å². The summed E-state index contributed by atoms with van der Waals surface area (Å²) in [5.74, 6) is 0.899. The van der Waals surface area contributed by atoms with Gasteiger partial charge in [0, 0.05) is 13.1 Å². The van der Waals surface area contributed by atoms with E-state index in [1.807, 2.05) is 0 Å². The fourth-order valence-corrected chi connectivity index (χ4v) is 2.13. The number of hydrogen-bond acceptors (Lipinski definition) is 2. The predicted octanol–water partition coefficient (Wildman–Crippen LogP) is 2.31. The Morgan fingerprint density at radius 2 is 1.95 bits per heavy atom. The fourth-order valence-electron chi connectivity index (χ4n) is 2.13. The fraction of sp³-hybridized carbons (Fsp3) is 0.588. The Kier molecular flexibility index (Phi) is 7.83. The van der Waals surface area contributed by atoms with Crippen LogP contribution in [0.5, 0.6) is 0 Å². The van der Waals surface area contributed by atoms with Crippen molar-refractivity contribution < 1.29 is 0 Å². The van der Waals surface area contributed by atoms with Gasteiger partial charge >= 0.3 is 0 Å². The Labute approximate surface area is 129 Å². The first kappa shape index (κ1) is 17.5. The van der Waals surface area contributed by atoms with Crippen molar-refractivity contribution in [1.29, 1.82) is 0 Å². The molecule has 0 heterocycles. The predicted molar refractivity (Wildman–Crippen MR) is 91.9 cm³/mol. The van der Waals surface area contributed by atoms with E-state index in [0.29, 0.717) is 0 Å². The zero-order valence-corrected chi connectivity index (χ0v) is 14.2. The molecular formula is C17H30N4. The third-order valence-electron chi connectivity index (χ3n) is 3.32. The van der Waals surface area contributed by atoms with Crippen molar-refractivity contribution in [2.45, 2.75) is 33.7 Å². The minimum atomic E-state index is 0.717. The van der Waals surface area contributed by atoms with E-state index >= 15 is 0 Å². The maximum atomic E-state index is 4.67. The van der Waals surface area contributed by atoms with Gasteiger partial charge < -0.3 is 15.5 Å². The third-order valence-corrected chi connectivity index (χ3v) is 3.32. The summed E-state index contributed by atoms with van der Waals surface area (Å²) in [5, 5.41) is 6.69. The first-order valence-corrected chi connectivity index (χ1v) is 7.76. The second-order valence-corrected chi connectivity index (χ2v) is 5.71. The summed E-state index contributed by atoms with van der Waals surface area (Å²) in [6.07, 6.45) is 1.11. The molecule has 0 radical (unpaired) electrons. The largest absolute Gasteiger partial charge is 0.357 e. The van der Waals surface area contributed by atoms with Gasteiger partial charge in [-0.2, -0.15) is 0 Å². The smallest absolute Gasteiger partial charge is 0.191 e. The molecule has 0 aliphatic rings. The second-order valence-electron chi connectivity index (χ2n) is 5.71. The van der Waals surface area contributed by atoms with Crippen molar-refractivity contribution in [2.24, 2.45) is 4.99 Å². The summed E-state index contributed by atoms with van der Waals surface area (Å²) in [5.41, 5.74) is 3.89. The van der Waals surface area contributed by atoms with Crippen LogP contribution < -0.4 is 10.6 Å². The number of nitrogens with zero attached hydrogens (tertiary/aromatic N) is 2. The lowest BCUT2D eigenvalue weighted by molar-refractivity contribution is 0.399. The molecule has 0 saturated carbocycles. The SMILES string of the molecule is CCNC(=NCc1ccc(C)cc1C)NCCCN(C)C. The van der Waals surface area contributed by atoms with E-state index in [0.717, 1.165) is 38.6 Å². The molecule has 0 aliphatic heterocycles. The van der Waals surface area contributed by atoms with Gasteiger partial charge in [-0.3, -0.25) is 0 Å². The van der Waals surface area contributed by atoms with Gasteiger partial charge in [-0.25, -0.2) is 4.99 Å². The van der Waals surface area contributed by atoms with Crippen LogP contribution in [0.25, 0.3) is 0 Å². The maximum absolute atomic E-state index is 4.67. The standard InChI is InChI=1S/C17H30N4/c1-6-18-17(19-10-7-11-21(4)5)20-13-16-9-8-14(2)12-15(16)3/h8-9,12H,6-7,10-11,13H2,1-5H3,(H2,18,19,20). The average Bonchev–Trinajstić information content (AvgIpc) is 2.42. The lowest BCUT2D eigenvalue weighted by Crippen LogP contribution is -2.38. The van der Waals surface area contributed by atoms with E-state index in [-0.39, 0.29) is 0 Å². The summed E-state index contributed by atoms with van der Waals surface area (Å²) in [4.78, 5) is 6.87. The van der Waals surface area contributed by atoms with Gasteiger partial charge in [0.1, 0.15) is 0 Å². The van der Waals surface area contributed by atoms with E-state index in [1.165, 1.54) is 16.7 Å². The number of benzene rings is 1. The maximum Gasteiger partial charge on any atom is 0.191 e. The lowest BCUT2D eigenvalue weighted by atomic mass is 10.1. The highest BCUT2D eigenvalue weighted by atomic mass is 15.2. The highest BCUT2D eigenvalue weighted by Gasteiger charge is 2.00. The molecule has 0 unspecified atom stereocenters. The minimum absolute atomic E-state index is 0.717. The van der Waals surface area contributed by atoms with Crippen molar-refractivity contribution >= 4 is 5.96 Å². The quantitative estimate of drug-likeness (QED) is 0.460. The van der Waals surface area contributed by atoms with Crippen molar-refractivity contribution in [2.75, 3.05) is 33.7 Å². The van der Waals surface area contributed by atoms with Gasteiger partial charge in [0.25, 0.3) is 0 Å². The number of guanidine groups is 1.